The lowest BCUT2D eigenvalue weighted by Gasteiger charge is -2.15. The first-order chi connectivity index (χ1) is 11.5. The number of anilines is 1. The highest BCUT2D eigenvalue weighted by Gasteiger charge is 2.14. The molecular weight excluding hydrogens is 298 g/mol. The monoisotopic (exact) mass is 325 g/mol. The Morgan fingerprint density at radius 3 is 2.38 bits per heavy atom. The Labute approximate surface area is 145 Å². The molecule has 2 aromatic carbocycles. The molecule has 2 rings (SSSR count). The number of rotatable bonds is 7. The molecule has 0 radical (unpaired) electrons. The second kappa shape index (κ2) is 8.53. The van der Waals surface area contributed by atoms with Crippen molar-refractivity contribution in [3.05, 3.63) is 58.7 Å². The Morgan fingerprint density at radius 2 is 1.71 bits per heavy atom. The largest absolute Gasteiger partial charge is 0.493 e. The lowest BCUT2D eigenvalue weighted by Crippen LogP contribution is -2.15. The predicted octanol–water partition coefficient (Wildman–Crippen LogP) is 5.43. The minimum Gasteiger partial charge on any atom is -0.493 e. The number of aryl methyl sites for hydroxylation is 3. The number of para-hydroxylation sites is 1. The molecule has 0 aromatic heterocycles. The molecule has 0 unspecified atom stereocenters. The van der Waals surface area contributed by atoms with Gasteiger partial charge in [-0.05, 0) is 50.5 Å². The van der Waals surface area contributed by atoms with E-state index in [0.29, 0.717) is 17.9 Å². The van der Waals surface area contributed by atoms with Crippen LogP contribution in [0.25, 0.3) is 0 Å². The molecule has 128 valence electrons. The van der Waals surface area contributed by atoms with Crippen LogP contribution in [0.2, 0.25) is 0 Å². The molecule has 2 aromatic rings. The first-order valence-corrected chi connectivity index (χ1v) is 8.64. The molecule has 0 saturated carbocycles. The maximum absolute atomic E-state index is 12.7. The summed E-state index contributed by atoms with van der Waals surface area (Å²) in [5.41, 5.74) is 4.80. The van der Waals surface area contributed by atoms with E-state index in [9.17, 15) is 4.79 Å². The van der Waals surface area contributed by atoms with Gasteiger partial charge in [0.15, 0.2) is 0 Å². The van der Waals surface area contributed by atoms with Crippen LogP contribution in [-0.2, 0) is 0 Å². The van der Waals surface area contributed by atoms with Crippen molar-refractivity contribution in [3.63, 3.8) is 0 Å². The summed E-state index contributed by atoms with van der Waals surface area (Å²) in [5.74, 6) is 0.518. The zero-order chi connectivity index (χ0) is 17.5. The Bertz CT molecular complexity index is 684. The van der Waals surface area contributed by atoms with Gasteiger partial charge in [0.05, 0.1) is 12.2 Å². The number of benzene rings is 2. The van der Waals surface area contributed by atoms with E-state index in [0.717, 1.165) is 36.1 Å². The van der Waals surface area contributed by atoms with Crippen molar-refractivity contribution in [1.29, 1.82) is 0 Å². The lowest BCUT2D eigenvalue weighted by atomic mass is 10.0. The van der Waals surface area contributed by atoms with E-state index in [1.165, 1.54) is 5.56 Å². The molecule has 0 fully saturated rings. The van der Waals surface area contributed by atoms with Crippen LogP contribution in [-0.4, -0.2) is 12.5 Å². The Morgan fingerprint density at radius 1 is 1.04 bits per heavy atom. The van der Waals surface area contributed by atoms with Crippen LogP contribution >= 0.6 is 0 Å². The second-order valence-corrected chi connectivity index (χ2v) is 6.28. The molecular formula is C21H27NO2. The van der Waals surface area contributed by atoms with Gasteiger partial charge in [0.25, 0.3) is 5.91 Å². The topological polar surface area (TPSA) is 38.3 Å². The molecule has 0 heterocycles. The van der Waals surface area contributed by atoms with Crippen LogP contribution in [0.1, 0.15) is 53.2 Å². The average molecular weight is 325 g/mol. The summed E-state index contributed by atoms with van der Waals surface area (Å²) in [6.07, 6.45) is 3.29. The Balaban J connectivity index is 2.16. The Hall–Kier alpha value is -2.29. The number of carbonyl (C=O) groups excluding carboxylic acids is 1. The summed E-state index contributed by atoms with van der Waals surface area (Å²) < 4.78 is 5.82. The van der Waals surface area contributed by atoms with Crippen LogP contribution in [0, 0.1) is 20.8 Å². The van der Waals surface area contributed by atoms with Crippen molar-refractivity contribution < 1.29 is 9.53 Å². The molecule has 1 amide bonds. The minimum atomic E-state index is -0.129. The van der Waals surface area contributed by atoms with Gasteiger partial charge in [-0.15, -0.1) is 0 Å². The van der Waals surface area contributed by atoms with Crippen LogP contribution in [0.15, 0.2) is 36.4 Å². The van der Waals surface area contributed by atoms with Crippen molar-refractivity contribution in [2.24, 2.45) is 0 Å². The van der Waals surface area contributed by atoms with Crippen molar-refractivity contribution >= 4 is 11.6 Å². The van der Waals surface area contributed by atoms with E-state index in [-0.39, 0.29) is 5.91 Å². The predicted molar refractivity (Wildman–Crippen MR) is 100 cm³/mol. The number of unbranched alkanes of at least 4 members (excludes halogenated alkanes) is 2. The van der Waals surface area contributed by atoms with Gasteiger partial charge in [-0.1, -0.05) is 49.6 Å². The number of hydrogen-bond donors (Lipinski definition) is 1. The molecule has 0 aliphatic heterocycles. The Kier molecular flexibility index (Phi) is 6.42. The quantitative estimate of drug-likeness (QED) is 0.689. The number of ether oxygens (including phenoxy) is 1. The highest BCUT2D eigenvalue weighted by Crippen LogP contribution is 2.25. The molecule has 1 N–H and O–H groups in total. The van der Waals surface area contributed by atoms with Crippen LogP contribution in [0.3, 0.4) is 0 Å². The number of amides is 1. The third-order valence-corrected chi connectivity index (χ3v) is 4.05. The van der Waals surface area contributed by atoms with Crippen LogP contribution in [0.4, 0.5) is 5.69 Å². The van der Waals surface area contributed by atoms with Crippen molar-refractivity contribution in [2.45, 2.75) is 47.0 Å². The SMILES string of the molecule is CCCCCOc1ccccc1C(=O)Nc1c(C)cc(C)cc1C. The molecule has 0 spiro atoms. The molecule has 0 atom stereocenters. The maximum atomic E-state index is 12.7. The minimum absolute atomic E-state index is 0.129. The zero-order valence-corrected chi connectivity index (χ0v) is 15.1. The van der Waals surface area contributed by atoms with Gasteiger partial charge in [0, 0.05) is 5.69 Å². The lowest BCUT2D eigenvalue weighted by molar-refractivity contribution is 0.102. The normalized spacial score (nSPS) is 10.5. The van der Waals surface area contributed by atoms with Gasteiger partial charge in [-0.3, -0.25) is 4.79 Å². The van der Waals surface area contributed by atoms with Gasteiger partial charge in [0.2, 0.25) is 0 Å². The summed E-state index contributed by atoms with van der Waals surface area (Å²) in [4.78, 5) is 12.7. The number of carbonyl (C=O) groups is 1. The van der Waals surface area contributed by atoms with Crippen LogP contribution in [0.5, 0.6) is 5.75 Å². The highest BCUT2D eigenvalue weighted by atomic mass is 16.5. The van der Waals surface area contributed by atoms with Gasteiger partial charge in [-0.2, -0.15) is 0 Å². The van der Waals surface area contributed by atoms with Gasteiger partial charge < -0.3 is 10.1 Å². The van der Waals surface area contributed by atoms with Gasteiger partial charge in [0.1, 0.15) is 5.75 Å². The fraction of sp³-hybridized carbons (Fsp3) is 0.381. The zero-order valence-electron chi connectivity index (χ0n) is 15.1. The summed E-state index contributed by atoms with van der Waals surface area (Å²) in [6, 6.07) is 11.6. The van der Waals surface area contributed by atoms with Gasteiger partial charge >= 0.3 is 0 Å². The molecule has 0 bridgehead atoms. The third-order valence-electron chi connectivity index (χ3n) is 4.05. The molecule has 0 aliphatic rings. The van der Waals surface area contributed by atoms with Crippen LogP contribution < -0.4 is 10.1 Å². The van der Waals surface area contributed by atoms with Crippen molar-refractivity contribution in [1.82, 2.24) is 0 Å². The molecule has 3 nitrogen and oxygen atoms in total. The van der Waals surface area contributed by atoms with E-state index < -0.39 is 0 Å². The van der Waals surface area contributed by atoms with E-state index in [2.05, 4.69) is 31.3 Å². The maximum Gasteiger partial charge on any atom is 0.259 e. The average Bonchev–Trinajstić information content (AvgIpc) is 2.55. The fourth-order valence-electron chi connectivity index (χ4n) is 2.87. The highest BCUT2D eigenvalue weighted by molar-refractivity contribution is 6.06. The van der Waals surface area contributed by atoms with Crippen molar-refractivity contribution in [3.8, 4) is 5.75 Å². The molecule has 0 aliphatic carbocycles. The first kappa shape index (κ1) is 18.1. The fourth-order valence-corrected chi connectivity index (χ4v) is 2.87. The van der Waals surface area contributed by atoms with Gasteiger partial charge in [-0.25, -0.2) is 0 Å². The van der Waals surface area contributed by atoms with Crippen molar-refractivity contribution in [2.75, 3.05) is 11.9 Å². The molecule has 24 heavy (non-hydrogen) atoms. The third kappa shape index (κ3) is 4.60. The molecule has 3 heteroatoms. The summed E-state index contributed by atoms with van der Waals surface area (Å²) in [5, 5.41) is 3.05. The van der Waals surface area contributed by atoms with E-state index >= 15 is 0 Å². The summed E-state index contributed by atoms with van der Waals surface area (Å²) in [6.45, 7) is 8.89. The van der Waals surface area contributed by atoms with E-state index in [1.54, 1.807) is 0 Å². The summed E-state index contributed by atoms with van der Waals surface area (Å²) in [7, 11) is 0. The molecule has 0 saturated heterocycles. The standard InChI is InChI=1S/C21H27NO2/c1-5-6-9-12-24-19-11-8-7-10-18(19)21(23)22-20-16(3)13-15(2)14-17(20)4/h7-8,10-11,13-14H,5-6,9,12H2,1-4H3,(H,22,23). The second-order valence-electron chi connectivity index (χ2n) is 6.28. The first-order valence-electron chi connectivity index (χ1n) is 8.64. The number of hydrogen-bond acceptors (Lipinski definition) is 2. The smallest absolute Gasteiger partial charge is 0.259 e. The summed E-state index contributed by atoms with van der Waals surface area (Å²) >= 11 is 0. The van der Waals surface area contributed by atoms with E-state index in [1.807, 2.05) is 38.1 Å². The number of nitrogens with one attached hydrogen (secondary N) is 1. The van der Waals surface area contributed by atoms with E-state index in [4.69, 9.17) is 4.74 Å².